The molecule has 1 rings (SSSR count). The summed E-state index contributed by atoms with van der Waals surface area (Å²) in [5.41, 5.74) is 7.01. The van der Waals surface area contributed by atoms with Crippen molar-refractivity contribution in [3.05, 3.63) is 29.8 Å². The lowest BCUT2D eigenvalue weighted by molar-refractivity contribution is 0.410. The summed E-state index contributed by atoms with van der Waals surface area (Å²) < 4.78 is 5.19. The molecule has 0 spiro atoms. The maximum atomic E-state index is 5.57. The van der Waals surface area contributed by atoms with Crippen LogP contribution in [0.1, 0.15) is 32.8 Å². The Labute approximate surface area is 117 Å². The van der Waals surface area contributed by atoms with Crippen molar-refractivity contribution < 1.29 is 4.74 Å². The van der Waals surface area contributed by atoms with Crippen molar-refractivity contribution in [1.82, 2.24) is 5.32 Å². The van der Waals surface area contributed by atoms with Crippen molar-refractivity contribution in [3.8, 4) is 5.75 Å². The molecule has 1 aromatic rings. The fraction of sp³-hybridized carbons (Fsp3) is 0.625. The van der Waals surface area contributed by atoms with Crippen molar-refractivity contribution in [1.29, 1.82) is 0 Å². The van der Waals surface area contributed by atoms with Gasteiger partial charge in [-0.25, -0.2) is 0 Å². The summed E-state index contributed by atoms with van der Waals surface area (Å²) in [6.45, 7) is 9.51. The normalized spacial score (nSPS) is 13.3. The average molecular weight is 264 g/mol. The lowest BCUT2D eigenvalue weighted by Gasteiger charge is -2.27. The molecule has 0 aliphatic rings. The van der Waals surface area contributed by atoms with Crippen molar-refractivity contribution >= 4 is 0 Å². The summed E-state index contributed by atoms with van der Waals surface area (Å²) in [6.07, 6.45) is 1.08. The molecule has 3 heteroatoms. The van der Waals surface area contributed by atoms with Gasteiger partial charge in [0.15, 0.2) is 0 Å². The minimum Gasteiger partial charge on any atom is -0.497 e. The molecule has 0 aliphatic carbocycles. The van der Waals surface area contributed by atoms with Gasteiger partial charge in [-0.2, -0.15) is 0 Å². The Kier molecular flexibility index (Phi) is 6.32. The summed E-state index contributed by atoms with van der Waals surface area (Å²) in [7, 11) is 1.69. The monoisotopic (exact) mass is 264 g/mol. The van der Waals surface area contributed by atoms with Crippen LogP contribution in [0.3, 0.4) is 0 Å². The molecule has 0 aliphatic heterocycles. The second kappa shape index (κ2) is 7.51. The quantitative estimate of drug-likeness (QED) is 0.758. The highest BCUT2D eigenvalue weighted by atomic mass is 16.5. The molecule has 0 heterocycles. The molecule has 1 aromatic carbocycles. The molecule has 0 fully saturated rings. The van der Waals surface area contributed by atoms with Crippen LogP contribution in [-0.4, -0.2) is 26.7 Å². The summed E-state index contributed by atoms with van der Waals surface area (Å²) in [4.78, 5) is 0. The van der Waals surface area contributed by atoms with E-state index in [4.69, 9.17) is 10.5 Å². The van der Waals surface area contributed by atoms with E-state index < -0.39 is 0 Å². The van der Waals surface area contributed by atoms with E-state index in [2.05, 4.69) is 38.2 Å². The van der Waals surface area contributed by atoms with E-state index in [1.54, 1.807) is 7.11 Å². The Bertz CT molecular complexity index is 360. The van der Waals surface area contributed by atoms with Gasteiger partial charge in [0.25, 0.3) is 0 Å². The number of nitrogens with two attached hydrogens (primary N) is 1. The zero-order valence-electron chi connectivity index (χ0n) is 12.7. The van der Waals surface area contributed by atoms with Gasteiger partial charge in [-0.3, -0.25) is 0 Å². The van der Waals surface area contributed by atoms with Crippen molar-refractivity contribution in [2.24, 2.45) is 11.7 Å². The number of hydrogen-bond donors (Lipinski definition) is 2. The third-order valence-corrected chi connectivity index (χ3v) is 3.59. The van der Waals surface area contributed by atoms with Crippen LogP contribution in [0.5, 0.6) is 5.75 Å². The maximum absolute atomic E-state index is 5.57. The molecule has 108 valence electrons. The summed E-state index contributed by atoms with van der Waals surface area (Å²) in [5, 5.41) is 3.55. The standard InChI is InChI=1S/C16H28N2O/c1-13(9-10-17)11-18-12-16(2,3)14-5-7-15(19-4)8-6-14/h5-8,13,18H,9-12,17H2,1-4H3. The second-order valence-electron chi connectivity index (χ2n) is 5.93. The third-order valence-electron chi connectivity index (χ3n) is 3.59. The zero-order valence-corrected chi connectivity index (χ0v) is 12.7. The lowest BCUT2D eigenvalue weighted by Crippen LogP contribution is -2.35. The first-order chi connectivity index (χ1) is 8.99. The van der Waals surface area contributed by atoms with Gasteiger partial charge in [-0.15, -0.1) is 0 Å². The molecule has 3 nitrogen and oxygen atoms in total. The molecular formula is C16H28N2O. The van der Waals surface area contributed by atoms with Crippen molar-refractivity contribution in [3.63, 3.8) is 0 Å². The summed E-state index contributed by atoms with van der Waals surface area (Å²) >= 11 is 0. The first-order valence-corrected chi connectivity index (χ1v) is 7.05. The first-order valence-electron chi connectivity index (χ1n) is 7.05. The number of nitrogens with one attached hydrogen (secondary N) is 1. The summed E-state index contributed by atoms with van der Waals surface area (Å²) in [5.74, 6) is 1.54. The van der Waals surface area contributed by atoms with Crippen molar-refractivity contribution in [2.45, 2.75) is 32.6 Å². The van der Waals surface area contributed by atoms with Gasteiger partial charge in [0.05, 0.1) is 7.11 Å². The molecule has 0 aromatic heterocycles. The van der Waals surface area contributed by atoms with E-state index in [9.17, 15) is 0 Å². The fourth-order valence-electron chi connectivity index (χ4n) is 2.16. The molecule has 0 saturated carbocycles. The second-order valence-corrected chi connectivity index (χ2v) is 5.93. The number of ether oxygens (including phenoxy) is 1. The van der Waals surface area contributed by atoms with Crippen LogP contribution < -0.4 is 15.8 Å². The predicted molar refractivity (Wildman–Crippen MR) is 81.7 cm³/mol. The molecule has 3 N–H and O–H groups in total. The molecule has 0 bridgehead atoms. The Morgan fingerprint density at radius 3 is 2.42 bits per heavy atom. The number of benzene rings is 1. The van der Waals surface area contributed by atoms with Crippen LogP contribution in [0, 0.1) is 5.92 Å². The Hall–Kier alpha value is -1.06. The van der Waals surface area contributed by atoms with E-state index in [0.717, 1.165) is 31.8 Å². The van der Waals surface area contributed by atoms with Gasteiger partial charge in [0, 0.05) is 12.0 Å². The van der Waals surface area contributed by atoms with Crippen LogP contribution >= 0.6 is 0 Å². The Morgan fingerprint density at radius 2 is 1.89 bits per heavy atom. The summed E-state index contributed by atoms with van der Waals surface area (Å²) in [6, 6.07) is 8.33. The van der Waals surface area contributed by atoms with E-state index in [0.29, 0.717) is 5.92 Å². The van der Waals surface area contributed by atoms with Gasteiger partial charge >= 0.3 is 0 Å². The van der Waals surface area contributed by atoms with Crippen molar-refractivity contribution in [2.75, 3.05) is 26.7 Å². The van der Waals surface area contributed by atoms with Gasteiger partial charge in [-0.05, 0) is 43.1 Å². The molecule has 19 heavy (non-hydrogen) atoms. The highest BCUT2D eigenvalue weighted by Crippen LogP contribution is 2.24. The van der Waals surface area contributed by atoms with Gasteiger partial charge in [0.2, 0.25) is 0 Å². The maximum Gasteiger partial charge on any atom is 0.118 e. The average Bonchev–Trinajstić information content (AvgIpc) is 2.39. The largest absolute Gasteiger partial charge is 0.497 e. The van der Waals surface area contributed by atoms with Gasteiger partial charge in [-0.1, -0.05) is 32.9 Å². The first kappa shape index (κ1) is 16.0. The smallest absolute Gasteiger partial charge is 0.118 e. The molecule has 0 amide bonds. The SMILES string of the molecule is COc1ccc(C(C)(C)CNCC(C)CCN)cc1. The predicted octanol–water partition coefficient (Wildman–Crippen LogP) is 2.55. The lowest BCUT2D eigenvalue weighted by atomic mass is 9.84. The zero-order chi connectivity index (χ0) is 14.3. The van der Waals surface area contributed by atoms with Crippen LogP contribution in [0.25, 0.3) is 0 Å². The van der Waals surface area contributed by atoms with Crippen LogP contribution in [0.2, 0.25) is 0 Å². The minimum atomic E-state index is 0.120. The van der Waals surface area contributed by atoms with Gasteiger partial charge < -0.3 is 15.8 Å². The third kappa shape index (κ3) is 5.21. The van der Waals surface area contributed by atoms with Crippen LogP contribution in [-0.2, 0) is 5.41 Å². The molecular weight excluding hydrogens is 236 g/mol. The number of hydrogen-bond acceptors (Lipinski definition) is 3. The fourth-order valence-corrected chi connectivity index (χ4v) is 2.16. The Morgan fingerprint density at radius 1 is 1.26 bits per heavy atom. The van der Waals surface area contributed by atoms with E-state index in [-0.39, 0.29) is 5.41 Å². The highest BCUT2D eigenvalue weighted by molar-refractivity contribution is 5.31. The number of rotatable bonds is 8. The van der Waals surface area contributed by atoms with Crippen LogP contribution in [0.15, 0.2) is 24.3 Å². The molecule has 0 radical (unpaired) electrons. The molecule has 1 atom stereocenters. The van der Waals surface area contributed by atoms with Crippen LogP contribution in [0.4, 0.5) is 0 Å². The topological polar surface area (TPSA) is 47.3 Å². The van der Waals surface area contributed by atoms with Gasteiger partial charge in [0.1, 0.15) is 5.75 Å². The van der Waals surface area contributed by atoms with E-state index in [1.165, 1.54) is 5.56 Å². The molecule has 0 saturated heterocycles. The minimum absolute atomic E-state index is 0.120. The number of methoxy groups -OCH3 is 1. The highest BCUT2D eigenvalue weighted by Gasteiger charge is 2.20. The van der Waals surface area contributed by atoms with E-state index in [1.807, 2.05) is 12.1 Å². The molecule has 1 unspecified atom stereocenters. The van der Waals surface area contributed by atoms with E-state index >= 15 is 0 Å². The Balaban J connectivity index is 2.50.